The Labute approximate surface area is 253 Å². The van der Waals surface area contributed by atoms with E-state index in [1.165, 1.54) is 0 Å². The number of aliphatic carboxylic acids is 1. The number of allylic oxidation sites excluding steroid dienone is 1. The van der Waals surface area contributed by atoms with Crippen LogP contribution in [0.25, 0.3) is 11.6 Å². The van der Waals surface area contributed by atoms with Crippen LogP contribution >= 0.6 is 23.7 Å². The number of rotatable bonds is 14. The van der Waals surface area contributed by atoms with Crippen molar-refractivity contribution in [1.29, 1.82) is 5.26 Å². The number of halogens is 1. The molecule has 224 valence electrons. The van der Waals surface area contributed by atoms with Crippen molar-refractivity contribution < 1.29 is 24.2 Å². The predicted molar refractivity (Wildman–Crippen MR) is 166 cm³/mol. The summed E-state index contributed by atoms with van der Waals surface area (Å²) in [7, 11) is 3.14. The summed E-state index contributed by atoms with van der Waals surface area (Å²) in [5.74, 6) is -0.660. The zero-order chi connectivity index (χ0) is 29.1. The van der Waals surface area contributed by atoms with Crippen LogP contribution in [-0.2, 0) is 9.59 Å². The number of nitrogens with zero attached hydrogens (tertiary/aromatic N) is 3. The van der Waals surface area contributed by atoms with Crippen LogP contribution in [-0.4, -0.2) is 75.4 Å². The Balaban J connectivity index is 0.00000588. The Morgan fingerprint density at radius 1 is 1.17 bits per heavy atom. The SMILES string of the molecule is CCN(CC)CCNC(=O)CC(C(=O)O)C1CCN(c2ccc(/C=C(\C#N)c3ccc(OC)c(OC)c3)s2)CC1.Cl. The average molecular weight is 605 g/mol. The maximum Gasteiger partial charge on any atom is 0.307 e. The number of anilines is 1. The zero-order valence-corrected chi connectivity index (χ0v) is 25.9. The van der Waals surface area contributed by atoms with E-state index in [4.69, 9.17) is 9.47 Å². The van der Waals surface area contributed by atoms with Gasteiger partial charge in [0, 0.05) is 37.5 Å². The summed E-state index contributed by atoms with van der Waals surface area (Å²) >= 11 is 1.60. The van der Waals surface area contributed by atoms with Crippen molar-refractivity contribution in [3.8, 4) is 17.6 Å². The second-order valence-corrected chi connectivity index (χ2v) is 10.9. The molecule has 1 amide bonds. The molecule has 0 bridgehead atoms. The number of nitrogens with one attached hydrogen (secondary N) is 1. The van der Waals surface area contributed by atoms with Crippen LogP contribution < -0.4 is 19.7 Å². The average Bonchev–Trinajstić information content (AvgIpc) is 3.45. The number of likely N-dealkylation sites (N-methyl/N-ethyl adjacent to an activating group) is 1. The minimum atomic E-state index is -0.903. The minimum absolute atomic E-state index is 0. The minimum Gasteiger partial charge on any atom is -0.493 e. The summed E-state index contributed by atoms with van der Waals surface area (Å²) in [5.41, 5.74) is 1.26. The quantitative estimate of drug-likeness (QED) is 0.289. The summed E-state index contributed by atoms with van der Waals surface area (Å²) in [6.07, 6.45) is 3.30. The number of carboxylic acids is 1. The largest absolute Gasteiger partial charge is 0.493 e. The third-order valence-corrected chi connectivity index (χ3v) is 8.59. The van der Waals surface area contributed by atoms with E-state index < -0.39 is 11.9 Å². The highest BCUT2D eigenvalue weighted by Crippen LogP contribution is 2.36. The zero-order valence-electron chi connectivity index (χ0n) is 24.2. The lowest BCUT2D eigenvalue weighted by Gasteiger charge is -2.35. The molecule has 1 saturated heterocycles. The third-order valence-electron chi connectivity index (χ3n) is 7.50. The van der Waals surface area contributed by atoms with Crippen molar-refractivity contribution in [2.75, 3.05) is 58.4 Å². The molecule has 9 nitrogen and oxygen atoms in total. The molecule has 1 aromatic carbocycles. The molecule has 3 rings (SSSR count). The summed E-state index contributed by atoms with van der Waals surface area (Å²) in [4.78, 5) is 29.9. The lowest BCUT2D eigenvalue weighted by molar-refractivity contribution is -0.146. The van der Waals surface area contributed by atoms with Gasteiger partial charge in [0.25, 0.3) is 0 Å². The van der Waals surface area contributed by atoms with E-state index >= 15 is 0 Å². The van der Waals surface area contributed by atoms with E-state index in [0.717, 1.165) is 48.2 Å². The predicted octanol–water partition coefficient (Wildman–Crippen LogP) is 5.02. The van der Waals surface area contributed by atoms with Gasteiger partial charge in [-0.3, -0.25) is 9.59 Å². The Morgan fingerprint density at radius 2 is 1.85 bits per heavy atom. The first-order valence-electron chi connectivity index (χ1n) is 13.7. The number of thiophene rings is 1. The lowest BCUT2D eigenvalue weighted by atomic mass is 9.82. The Kier molecular flexibility index (Phi) is 14.0. The number of ether oxygens (including phenoxy) is 2. The van der Waals surface area contributed by atoms with Gasteiger partial charge in [-0.2, -0.15) is 5.26 Å². The number of piperidine rings is 1. The number of nitriles is 1. The summed E-state index contributed by atoms with van der Waals surface area (Å²) in [6.45, 7) is 8.73. The normalized spacial score (nSPS) is 14.6. The Morgan fingerprint density at radius 3 is 2.44 bits per heavy atom. The molecule has 1 aromatic heterocycles. The van der Waals surface area contributed by atoms with Crippen molar-refractivity contribution in [2.45, 2.75) is 33.1 Å². The molecule has 2 aromatic rings. The van der Waals surface area contributed by atoms with E-state index in [-0.39, 0.29) is 30.7 Å². The van der Waals surface area contributed by atoms with E-state index in [9.17, 15) is 20.0 Å². The van der Waals surface area contributed by atoms with Crippen LogP contribution in [0, 0.1) is 23.2 Å². The highest BCUT2D eigenvalue weighted by Gasteiger charge is 2.33. The molecule has 41 heavy (non-hydrogen) atoms. The Hall–Kier alpha value is -3.26. The van der Waals surface area contributed by atoms with Crippen LogP contribution in [0.3, 0.4) is 0 Å². The molecule has 0 spiro atoms. The van der Waals surface area contributed by atoms with Gasteiger partial charge in [-0.25, -0.2) is 0 Å². The maximum atomic E-state index is 12.5. The number of carboxylic acid groups (broad SMARTS) is 1. The molecule has 0 radical (unpaired) electrons. The van der Waals surface area contributed by atoms with Crippen LogP contribution in [0.1, 0.15) is 43.6 Å². The van der Waals surface area contributed by atoms with Gasteiger partial charge in [-0.15, -0.1) is 23.7 Å². The first kappa shape index (κ1) is 33.9. The van der Waals surface area contributed by atoms with E-state index in [0.29, 0.717) is 36.5 Å². The lowest BCUT2D eigenvalue weighted by Crippen LogP contribution is -2.40. The first-order valence-corrected chi connectivity index (χ1v) is 14.6. The molecule has 1 aliphatic rings. The molecule has 1 fully saturated rings. The number of hydrogen-bond donors (Lipinski definition) is 2. The highest BCUT2D eigenvalue weighted by molar-refractivity contribution is 7.17. The molecule has 11 heteroatoms. The van der Waals surface area contributed by atoms with Crippen LogP contribution in [0.2, 0.25) is 0 Å². The molecular weight excluding hydrogens is 564 g/mol. The van der Waals surface area contributed by atoms with Crippen molar-refractivity contribution in [2.24, 2.45) is 11.8 Å². The van der Waals surface area contributed by atoms with Gasteiger partial charge in [-0.05, 0) is 73.8 Å². The van der Waals surface area contributed by atoms with E-state index in [1.54, 1.807) is 37.7 Å². The molecule has 0 saturated carbocycles. The molecule has 1 atom stereocenters. The summed E-state index contributed by atoms with van der Waals surface area (Å²) in [6, 6.07) is 11.7. The second kappa shape index (κ2) is 16.9. The van der Waals surface area contributed by atoms with Gasteiger partial charge in [0.05, 0.1) is 36.8 Å². The van der Waals surface area contributed by atoms with Gasteiger partial charge < -0.3 is 29.7 Å². The standard InChI is InChI=1S/C30H40N4O5S.ClH/c1-5-33(6-2)16-13-32-28(35)19-25(30(36)37)21-11-14-34(15-12-21)29-10-8-24(40-29)17-23(20-31)22-7-9-26(38-3)27(18-22)39-4;/h7-10,17-18,21,25H,5-6,11-16,19H2,1-4H3,(H,32,35)(H,36,37);1H/b23-17+;. The summed E-state index contributed by atoms with van der Waals surface area (Å²) in [5, 5.41) is 23.6. The Bertz CT molecular complexity index is 1220. The molecule has 2 N–H and O–H groups in total. The fourth-order valence-corrected chi connectivity index (χ4v) is 6.06. The van der Waals surface area contributed by atoms with Gasteiger partial charge in [0.15, 0.2) is 11.5 Å². The smallest absolute Gasteiger partial charge is 0.307 e. The van der Waals surface area contributed by atoms with Crippen LogP contribution in [0.4, 0.5) is 5.00 Å². The number of amides is 1. The summed E-state index contributed by atoms with van der Waals surface area (Å²) < 4.78 is 10.7. The topological polar surface area (TPSA) is 115 Å². The molecule has 0 aliphatic carbocycles. The second-order valence-electron chi connectivity index (χ2n) is 9.77. The van der Waals surface area contributed by atoms with Gasteiger partial charge >= 0.3 is 5.97 Å². The van der Waals surface area contributed by atoms with Crippen molar-refractivity contribution >= 4 is 52.3 Å². The van der Waals surface area contributed by atoms with Gasteiger partial charge in [0.2, 0.25) is 5.91 Å². The molecule has 2 heterocycles. The fraction of sp³-hybridized carbons (Fsp3) is 0.500. The number of carbonyl (C=O) groups is 2. The van der Waals surface area contributed by atoms with Crippen LogP contribution in [0.15, 0.2) is 30.3 Å². The first-order chi connectivity index (χ1) is 19.3. The number of methoxy groups -OCH3 is 2. The number of hydrogen-bond acceptors (Lipinski definition) is 8. The monoisotopic (exact) mass is 604 g/mol. The number of carbonyl (C=O) groups excluding carboxylic acids is 1. The highest BCUT2D eigenvalue weighted by atomic mass is 35.5. The van der Waals surface area contributed by atoms with Gasteiger partial charge in [-0.1, -0.05) is 13.8 Å². The molecular formula is C30H41ClN4O5S. The van der Waals surface area contributed by atoms with Crippen molar-refractivity contribution in [1.82, 2.24) is 10.2 Å². The molecule has 1 aliphatic heterocycles. The van der Waals surface area contributed by atoms with Crippen LogP contribution in [0.5, 0.6) is 11.5 Å². The number of benzene rings is 1. The third kappa shape index (κ3) is 9.38. The van der Waals surface area contributed by atoms with E-state index in [2.05, 4.69) is 35.0 Å². The molecule has 1 unspecified atom stereocenters. The van der Waals surface area contributed by atoms with Crippen molar-refractivity contribution in [3.05, 3.63) is 40.8 Å². The van der Waals surface area contributed by atoms with Crippen molar-refractivity contribution in [3.63, 3.8) is 0 Å². The fourth-order valence-electron chi connectivity index (χ4n) is 5.06. The van der Waals surface area contributed by atoms with E-state index in [1.807, 2.05) is 24.3 Å². The van der Waals surface area contributed by atoms with Gasteiger partial charge in [0.1, 0.15) is 0 Å². The maximum absolute atomic E-state index is 12.5.